The molecule has 1 aromatic heterocycles. The first kappa shape index (κ1) is 17.2. The van der Waals surface area contributed by atoms with Gasteiger partial charge in [-0.3, -0.25) is 4.79 Å². The van der Waals surface area contributed by atoms with Crippen molar-refractivity contribution in [2.45, 2.75) is 40.7 Å². The van der Waals surface area contributed by atoms with E-state index >= 15 is 0 Å². The summed E-state index contributed by atoms with van der Waals surface area (Å²) in [5, 5.41) is 12.2. The second kappa shape index (κ2) is 7.26. The Kier molecular flexibility index (Phi) is 5.96. The van der Waals surface area contributed by atoms with Crippen molar-refractivity contribution in [3.8, 4) is 0 Å². The molecule has 0 aromatic carbocycles. The number of rotatable bonds is 8. The highest BCUT2D eigenvalue weighted by molar-refractivity contribution is 5.90. The Morgan fingerprint density at radius 3 is 2.67 bits per heavy atom. The molecule has 6 heteroatoms. The highest BCUT2D eigenvalue weighted by atomic mass is 16.5. The zero-order valence-electron chi connectivity index (χ0n) is 13.1. The lowest BCUT2D eigenvalue weighted by atomic mass is 9.90. The molecule has 0 atom stereocenters. The summed E-state index contributed by atoms with van der Waals surface area (Å²) in [5.74, 6) is -1.13. The molecule has 1 aromatic rings. The SMILES string of the molecule is CCOC(=O)c1cc(CNCCC(C)(C)C(=O)O)[nH]c1C. The lowest BCUT2D eigenvalue weighted by Crippen LogP contribution is -2.28. The summed E-state index contributed by atoms with van der Waals surface area (Å²) < 4.78 is 4.97. The number of ether oxygens (including phenoxy) is 1. The van der Waals surface area contributed by atoms with Gasteiger partial charge >= 0.3 is 11.9 Å². The molecule has 0 fully saturated rings. The smallest absolute Gasteiger partial charge is 0.339 e. The second-order valence-electron chi connectivity index (χ2n) is 5.67. The summed E-state index contributed by atoms with van der Waals surface area (Å²) in [6.45, 7) is 8.49. The molecule has 0 radical (unpaired) electrons. The van der Waals surface area contributed by atoms with Crippen LogP contribution in [-0.2, 0) is 16.1 Å². The van der Waals surface area contributed by atoms with Gasteiger partial charge in [-0.05, 0) is 46.7 Å². The van der Waals surface area contributed by atoms with Gasteiger partial charge < -0.3 is 20.1 Å². The summed E-state index contributed by atoms with van der Waals surface area (Å²) in [6, 6.07) is 1.77. The van der Waals surface area contributed by atoms with Crippen LogP contribution in [0.15, 0.2) is 6.07 Å². The maximum Gasteiger partial charge on any atom is 0.339 e. The van der Waals surface area contributed by atoms with Gasteiger partial charge in [0.1, 0.15) is 0 Å². The van der Waals surface area contributed by atoms with Crippen molar-refractivity contribution in [3.05, 3.63) is 23.0 Å². The molecule has 0 saturated heterocycles. The molecule has 0 aliphatic carbocycles. The minimum atomic E-state index is -0.801. The zero-order chi connectivity index (χ0) is 16.0. The van der Waals surface area contributed by atoms with Crippen molar-refractivity contribution in [1.82, 2.24) is 10.3 Å². The van der Waals surface area contributed by atoms with Crippen LogP contribution >= 0.6 is 0 Å². The Labute approximate surface area is 124 Å². The van der Waals surface area contributed by atoms with Crippen molar-refractivity contribution in [2.75, 3.05) is 13.2 Å². The number of aryl methyl sites for hydroxylation is 1. The highest BCUT2D eigenvalue weighted by Crippen LogP contribution is 2.19. The molecule has 0 amide bonds. The number of esters is 1. The first-order valence-electron chi connectivity index (χ1n) is 7.07. The van der Waals surface area contributed by atoms with E-state index in [2.05, 4.69) is 10.3 Å². The molecule has 1 rings (SSSR count). The number of aromatic nitrogens is 1. The number of nitrogens with one attached hydrogen (secondary N) is 2. The summed E-state index contributed by atoms with van der Waals surface area (Å²) in [5.41, 5.74) is 1.45. The van der Waals surface area contributed by atoms with Crippen molar-refractivity contribution >= 4 is 11.9 Å². The second-order valence-corrected chi connectivity index (χ2v) is 5.67. The van der Waals surface area contributed by atoms with Gasteiger partial charge in [0.05, 0.1) is 17.6 Å². The Morgan fingerprint density at radius 2 is 2.10 bits per heavy atom. The fourth-order valence-electron chi connectivity index (χ4n) is 1.87. The van der Waals surface area contributed by atoms with E-state index in [1.807, 2.05) is 6.92 Å². The van der Waals surface area contributed by atoms with Gasteiger partial charge in [0.15, 0.2) is 0 Å². The van der Waals surface area contributed by atoms with E-state index in [1.165, 1.54) is 0 Å². The highest BCUT2D eigenvalue weighted by Gasteiger charge is 2.26. The molecule has 0 aliphatic rings. The minimum Gasteiger partial charge on any atom is -0.481 e. The van der Waals surface area contributed by atoms with Crippen molar-refractivity contribution in [1.29, 1.82) is 0 Å². The normalized spacial score (nSPS) is 11.4. The van der Waals surface area contributed by atoms with Crippen LogP contribution in [0.4, 0.5) is 0 Å². The van der Waals surface area contributed by atoms with Crippen LogP contribution in [0, 0.1) is 12.3 Å². The summed E-state index contributed by atoms with van der Waals surface area (Å²) >= 11 is 0. The minimum absolute atomic E-state index is 0.329. The maximum atomic E-state index is 11.7. The van der Waals surface area contributed by atoms with E-state index in [0.29, 0.717) is 31.7 Å². The number of hydrogen-bond acceptors (Lipinski definition) is 4. The Hall–Kier alpha value is -1.82. The number of H-pyrrole nitrogens is 1. The van der Waals surface area contributed by atoms with Crippen LogP contribution in [0.1, 0.15) is 48.9 Å². The van der Waals surface area contributed by atoms with E-state index in [0.717, 1.165) is 11.4 Å². The molecule has 6 nitrogen and oxygen atoms in total. The fourth-order valence-corrected chi connectivity index (χ4v) is 1.87. The summed E-state index contributed by atoms with van der Waals surface area (Å²) in [6.07, 6.45) is 0.534. The molecule has 0 unspecified atom stereocenters. The third kappa shape index (κ3) is 4.90. The summed E-state index contributed by atoms with van der Waals surface area (Å²) in [7, 11) is 0. The predicted octanol–water partition coefficient (Wildman–Crippen LogP) is 2.09. The Balaban J connectivity index is 2.48. The van der Waals surface area contributed by atoms with E-state index < -0.39 is 11.4 Å². The van der Waals surface area contributed by atoms with Crippen molar-refractivity contribution in [3.63, 3.8) is 0 Å². The van der Waals surface area contributed by atoms with E-state index in [-0.39, 0.29) is 5.97 Å². The lowest BCUT2D eigenvalue weighted by molar-refractivity contribution is -0.147. The van der Waals surface area contributed by atoms with Gasteiger partial charge in [0, 0.05) is 17.9 Å². The number of aliphatic carboxylic acids is 1. The van der Waals surface area contributed by atoms with Crippen LogP contribution in [0.25, 0.3) is 0 Å². The molecule has 3 N–H and O–H groups in total. The van der Waals surface area contributed by atoms with Crippen molar-refractivity contribution < 1.29 is 19.4 Å². The van der Waals surface area contributed by atoms with Gasteiger partial charge in [0.25, 0.3) is 0 Å². The van der Waals surface area contributed by atoms with Crippen LogP contribution in [0.5, 0.6) is 0 Å². The van der Waals surface area contributed by atoms with Gasteiger partial charge in [-0.25, -0.2) is 4.79 Å². The molecular formula is C15H24N2O4. The Morgan fingerprint density at radius 1 is 1.43 bits per heavy atom. The van der Waals surface area contributed by atoms with Crippen LogP contribution in [0.2, 0.25) is 0 Å². The van der Waals surface area contributed by atoms with E-state index in [9.17, 15) is 9.59 Å². The van der Waals surface area contributed by atoms with Crippen LogP contribution in [0.3, 0.4) is 0 Å². The van der Waals surface area contributed by atoms with Gasteiger partial charge in [-0.2, -0.15) is 0 Å². The number of carbonyl (C=O) groups is 2. The standard InChI is InChI=1S/C15H24N2O4/c1-5-21-13(18)12-8-11(17-10(12)2)9-16-7-6-15(3,4)14(19)20/h8,16-17H,5-7,9H2,1-4H3,(H,19,20). The fraction of sp³-hybridized carbons (Fsp3) is 0.600. The van der Waals surface area contributed by atoms with Crippen LogP contribution < -0.4 is 5.32 Å². The number of hydrogen-bond donors (Lipinski definition) is 3. The predicted molar refractivity (Wildman–Crippen MR) is 79.2 cm³/mol. The molecule has 1 heterocycles. The monoisotopic (exact) mass is 296 g/mol. The maximum absolute atomic E-state index is 11.7. The average Bonchev–Trinajstić information content (AvgIpc) is 2.76. The molecule has 0 saturated carbocycles. The molecule has 118 valence electrons. The molecule has 21 heavy (non-hydrogen) atoms. The largest absolute Gasteiger partial charge is 0.481 e. The van der Waals surface area contributed by atoms with Gasteiger partial charge in [-0.15, -0.1) is 0 Å². The number of carbonyl (C=O) groups excluding carboxylic acids is 1. The third-order valence-electron chi connectivity index (χ3n) is 3.39. The first-order chi connectivity index (χ1) is 9.77. The third-order valence-corrected chi connectivity index (χ3v) is 3.39. The first-order valence-corrected chi connectivity index (χ1v) is 7.07. The van der Waals surface area contributed by atoms with Crippen molar-refractivity contribution in [2.24, 2.45) is 5.41 Å². The molecule has 0 spiro atoms. The van der Waals surface area contributed by atoms with Crippen LogP contribution in [-0.4, -0.2) is 35.2 Å². The summed E-state index contributed by atoms with van der Waals surface area (Å²) in [4.78, 5) is 25.8. The number of aromatic amines is 1. The molecule has 0 aliphatic heterocycles. The number of carboxylic acid groups (broad SMARTS) is 1. The lowest BCUT2D eigenvalue weighted by Gasteiger charge is -2.18. The van der Waals surface area contributed by atoms with E-state index in [4.69, 9.17) is 9.84 Å². The topological polar surface area (TPSA) is 91.4 Å². The average molecular weight is 296 g/mol. The van der Waals surface area contributed by atoms with E-state index in [1.54, 1.807) is 26.8 Å². The van der Waals surface area contributed by atoms with Gasteiger partial charge in [-0.1, -0.05) is 0 Å². The number of carboxylic acids is 1. The molecular weight excluding hydrogens is 272 g/mol. The Bertz CT molecular complexity index is 506. The quantitative estimate of drug-likeness (QED) is 0.504. The zero-order valence-corrected chi connectivity index (χ0v) is 13.1. The van der Waals surface area contributed by atoms with Gasteiger partial charge in [0.2, 0.25) is 0 Å². The molecule has 0 bridgehead atoms.